The molecule has 5 nitrogen and oxygen atoms in total. The highest BCUT2D eigenvalue weighted by molar-refractivity contribution is 5.94. The molecule has 2 heterocycles. The molecule has 0 bridgehead atoms. The van der Waals surface area contributed by atoms with Gasteiger partial charge in [-0.3, -0.25) is 4.79 Å². The topological polar surface area (TPSA) is 65.5 Å². The molecule has 1 aliphatic heterocycles. The van der Waals surface area contributed by atoms with E-state index in [2.05, 4.69) is 10.3 Å². The molecule has 6 heteroatoms. The van der Waals surface area contributed by atoms with Crippen LogP contribution in [0.15, 0.2) is 42.6 Å². The first-order valence-electron chi connectivity index (χ1n) is 8.03. The van der Waals surface area contributed by atoms with E-state index in [1.54, 1.807) is 24.3 Å². The van der Waals surface area contributed by atoms with Crippen LogP contribution in [0.1, 0.15) is 35.3 Å². The number of aromatic nitrogens is 1. The van der Waals surface area contributed by atoms with Crippen LogP contribution < -0.4 is 10.2 Å². The molecule has 2 aromatic rings. The molecule has 0 unspecified atom stereocenters. The van der Waals surface area contributed by atoms with Gasteiger partial charge in [-0.25, -0.2) is 9.37 Å². The third-order valence-corrected chi connectivity index (χ3v) is 4.18. The molecule has 126 valence electrons. The first kappa shape index (κ1) is 16.4. The summed E-state index contributed by atoms with van der Waals surface area (Å²) in [7, 11) is 0. The van der Waals surface area contributed by atoms with Gasteiger partial charge in [0.15, 0.2) is 0 Å². The van der Waals surface area contributed by atoms with Gasteiger partial charge < -0.3 is 15.3 Å². The van der Waals surface area contributed by atoms with E-state index in [0.717, 1.165) is 5.56 Å². The van der Waals surface area contributed by atoms with E-state index in [-0.39, 0.29) is 17.8 Å². The summed E-state index contributed by atoms with van der Waals surface area (Å²) in [4.78, 5) is 18.2. The molecule has 0 radical (unpaired) electrons. The second-order valence-electron chi connectivity index (χ2n) is 5.87. The number of benzene rings is 1. The zero-order valence-electron chi connectivity index (χ0n) is 13.4. The number of halogens is 1. The van der Waals surface area contributed by atoms with Crippen LogP contribution in [0.2, 0.25) is 0 Å². The maximum Gasteiger partial charge on any atom is 0.252 e. The molecule has 0 spiro atoms. The number of amides is 1. The van der Waals surface area contributed by atoms with Crippen molar-refractivity contribution >= 4 is 11.7 Å². The number of nitrogens with zero attached hydrogens (tertiary/aromatic N) is 2. The summed E-state index contributed by atoms with van der Waals surface area (Å²) in [5.74, 6) is 0.246. The van der Waals surface area contributed by atoms with Crippen LogP contribution in [-0.2, 0) is 0 Å². The smallest absolute Gasteiger partial charge is 0.252 e. The SMILES string of the molecule is CCNC(=O)c1ccc(N2C[C@@H](O)C[C@H]2c2ccc(F)cc2)nc1. The van der Waals surface area contributed by atoms with E-state index in [9.17, 15) is 14.3 Å². The summed E-state index contributed by atoms with van der Waals surface area (Å²) in [6, 6.07) is 9.73. The van der Waals surface area contributed by atoms with E-state index in [4.69, 9.17) is 0 Å². The van der Waals surface area contributed by atoms with E-state index < -0.39 is 6.10 Å². The van der Waals surface area contributed by atoms with Crippen LogP contribution in [-0.4, -0.2) is 35.2 Å². The molecule has 0 saturated carbocycles. The highest BCUT2D eigenvalue weighted by Gasteiger charge is 2.33. The lowest BCUT2D eigenvalue weighted by molar-refractivity contribution is 0.0955. The van der Waals surface area contributed by atoms with Gasteiger partial charge in [0.25, 0.3) is 5.91 Å². The highest BCUT2D eigenvalue weighted by atomic mass is 19.1. The van der Waals surface area contributed by atoms with E-state index in [1.807, 2.05) is 11.8 Å². The average molecular weight is 329 g/mol. The van der Waals surface area contributed by atoms with E-state index in [0.29, 0.717) is 30.9 Å². The van der Waals surface area contributed by atoms with Crippen molar-refractivity contribution in [1.29, 1.82) is 0 Å². The normalized spacial score (nSPS) is 20.2. The lowest BCUT2D eigenvalue weighted by atomic mass is 10.0. The van der Waals surface area contributed by atoms with Crippen LogP contribution in [0.3, 0.4) is 0 Å². The summed E-state index contributed by atoms with van der Waals surface area (Å²) in [6.45, 7) is 2.87. The highest BCUT2D eigenvalue weighted by Crippen LogP contribution is 2.35. The van der Waals surface area contributed by atoms with Gasteiger partial charge in [-0.1, -0.05) is 12.1 Å². The molecule has 1 saturated heterocycles. The third-order valence-electron chi connectivity index (χ3n) is 4.18. The molecule has 1 aliphatic rings. The first-order valence-corrected chi connectivity index (χ1v) is 8.03. The Morgan fingerprint density at radius 3 is 2.71 bits per heavy atom. The Bertz CT molecular complexity index is 703. The van der Waals surface area contributed by atoms with Crippen LogP contribution in [0, 0.1) is 5.82 Å². The number of nitrogens with one attached hydrogen (secondary N) is 1. The standard InChI is InChI=1S/C18H20FN3O2/c1-2-20-18(24)13-5-8-17(21-10-13)22-11-15(23)9-16(22)12-3-6-14(19)7-4-12/h3-8,10,15-16,23H,2,9,11H2,1H3,(H,20,24)/t15-,16-/m0/s1. The van der Waals surface area contributed by atoms with Crippen molar-refractivity contribution in [1.82, 2.24) is 10.3 Å². The van der Waals surface area contributed by atoms with Crippen molar-refractivity contribution in [2.75, 3.05) is 18.0 Å². The van der Waals surface area contributed by atoms with Gasteiger partial charge in [0.05, 0.1) is 17.7 Å². The Kier molecular flexibility index (Phi) is 4.76. The number of anilines is 1. The fourth-order valence-electron chi connectivity index (χ4n) is 3.02. The summed E-state index contributed by atoms with van der Waals surface area (Å²) in [5.41, 5.74) is 1.43. The number of pyridine rings is 1. The van der Waals surface area contributed by atoms with Crippen LogP contribution in [0.4, 0.5) is 10.2 Å². The Balaban J connectivity index is 1.83. The van der Waals surface area contributed by atoms with Gasteiger partial charge in [0.2, 0.25) is 0 Å². The summed E-state index contributed by atoms with van der Waals surface area (Å²) in [6.07, 6.45) is 1.63. The molecule has 1 amide bonds. The number of carbonyl (C=O) groups excluding carboxylic acids is 1. The van der Waals surface area contributed by atoms with Crippen LogP contribution >= 0.6 is 0 Å². The predicted molar refractivity (Wildman–Crippen MR) is 89.4 cm³/mol. The van der Waals surface area contributed by atoms with E-state index >= 15 is 0 Å². The molecule has 0 aliphatic carbocycles. The second kappa shape index (κ2) is 6.97. The molecule has 2 atom stereocenters. The lowest BCUT2D eigenvalue weighted by Gasteiger charge is -2.25. The zero-order chi connectivity index (χ0) is 17.1. The monoisotopic (exact) mass is 329 g/mol. The van der Waals surface area contributed by atoms with Crippen molar-refractivity contribution in [3.8, 4) is 0 Å². The Morgan fingerprint density at radius 1 is 1.33 bits per heavy atom. The Morgan fingerprint density at radius 2 is 2.08 bits per heavy atom. The fraction of sp³-hybridized carbons (Fsp3) is 0.333. The van der Waals surface area contributed by atoms with Crippen LogP contribution in [0.25, 0.3) is 0 Å². The molecule has 2 N–H and O–H groups in total. The Hall–Kier alpha value is -2.47. The maximum absolute atomic E-state index is 13.1. The van der Waals surface area contributed by atoms with Crippen molar-refractivity contribution in [3.05, 3.63) is 59.5 Å². The number of hydrogen-bond donors (Lipinski definition) is 2. The fourth-order valence-corrected chi connectivity index (χ4v) is 3.02. The largest absolute Gasteiger partial charge is 0.391 e. The van der Waals surface area contributed by atoms with Gasteiger partial charge >= 0.3 is 0 Å². The summed E-state index contributed by atoms with van der Waals surface area (Å²) < 4.78 is 13.1. The number of β-amino-alcohol motifs (C(OH)–C–C–N with tert-alkyl or cyclic N) is 1. The van der Waals surface area contributed by atoms with Crippen molar-refractivity contribution in [2.24, 2.45) is 0 Å². The van der Waals surface area contributed by atoms with Gasteiger partial charge in [-0.15, -0.1) is 0 Å². The number of aliphatic hydroxyl groups excluding tert-OH is 1. The number of aliphatic hydroxyl groups is 1. The predicted octanol–water partition coefficient (Wildman–Crippen LogP) is 2.28. The number of carbonyl (C=O) groups is 1. The van der Waals surface area contributed by atoms with Crippen molar-refractivity contribution < 1.29 is 14.3 Å². The van der Waals surface area contributed by atoms with Crippen molar-refractivity contribution in [2.45, 2.75) is 25.5 Å². The Labute approximate surface area is 140 Å². The van der Waals surface area contributed by atoms with E-state index in [1.165, 1.54) is 18.3 Å². The molecule has 1 fully saturated rings. The summed E-state index contributed by atoms with van der Waals surface area (Å²) in [5, 5.41) is 12.8. The van der Waals surface area contributed by atoms with Gasteiger partial charge in [0.1, 0.15) is 11.6 Å². The molecular weight excluding hydrogens is 309 g/mol. The molecular formula is C18H20FN3O2. The minimum absolute atomic E-state index is 0.0663. The average Bonchev–Trinajstić information content (AvgIpc) is 2.98. The van der Waals surface area contributed by atoms with Gasteiger partial charge in [-0.2, -0.15) is 0 Å². The van der Waals surface area contributed by atoms with Gasteiger partial charge in [0, 0.05) is 19.3 Å². The van der Waals surface area contributed by atoms with Gasteiger partial charge in [-0.05, 0) is 43.2 Å². The number of rotatable bonds is 4. The lowest BCUT2D eigenvalue weighted by Crippen LogP contribution is -2.26. The molecule has 3 rings (SSSR count). The zero-order valence-corrected chi connectivity index (χ0v) is 13.4. The minimum Gasteiger partial charge on any atom is -0.391 e. The number of hydrogen-bond acceptors (Lipinski definition) is 4. The minimum atomic E-state index is -0.468. The quantitative estimate of drug-likeness (QED) is 0.903. The molecule has 24 heavy (non-hydrogen) atoms. The maximum atomic E-state index is 13.1. The van der Waals surface area contributed by atoms with Crippen molar-refractivity contribution in [3.63, 3.8) is 0 Å². The van der Waals surface area contributed by atoms with Crippen LogP contribution in [0.5, 0.6) is 0 Å². The molecule has 1 aromatic heterocycles. The summed E-state index contributed by atoms with van der Waals surface area (Å²) >= 11 is 0. The third kappa shape index (κ3) is 3.38. The molecule has 1 aromatic carbocycles. The first-order chi connectivity index (χ1) is 11.6. The second-order valence-corrected chi connectivity index (χ2v) is 5.87.